The van der Waals surface area contributed by atoms with Crippen LogP contribution in [0.15, 0.2) is 30.3 Å². The van der Waals surface area contributed by atoms with Gasteiger partial charge in [0.15, 0.2) is 0 Å². The zero-order chi connectivity index (χ0) is 10.6. The van der Waals surface area contributed by atoms with Crippen LogP contribution in [0.2, 0.25) is 0 Å². The fraction of sp³-hybridized carbons (Fsp3) is 0.125. The molecule has 1 rings (SSSR count). The van der Waals surface area contributed by atoms with E-state index in [0.29, 0.717) is 0 Å². The number of carbonyl (C=O) groups excluding carboxylic acids is 1. The van der Waals surface area contributed by atoms with Gasteiger partial charge in [0.1, 0.15) is 0 Å². The topological polar surface area (TPSA) is 80.7 Å². The minimum Gasteiger partial charge on any atom is -0.443 e. The number of rotatable bonds is 3. The van der Waals surface area contributed by atoms with E-state index in [2.05, 4.69) is 4.74 Å². The summed E-state index contributed by atoms with van der Waals surface area (Å²) in [5.41, 5.74) is 0.233. The average molecular weight is 216 g/mol. The smallest absolute Gasteiger partial charge is 0.339 e. The third-order valence-electron chi connectivity index (χ3n) is 1.35. The van der Waals surface area contributed by atoms with Crippen molar-refractivity contribution in [1.82, 2.24) is 0 Å². The first-order chi connectivity index (χ1) is 6.49. The van der Waals surface area contributed by atoms with Crippen LogP contribution in [0.3, 0.4) is 0 Å². The summed E-state index contributed by atoms with van der Waals surface area (Å²) in [6.45, 7) is 0. The molecule has 0 unspecified atom stereocenters. The molecule has 0 atom stereocenters. The molecular formula is C8H8O5S. The second kappa shape index (κ2) is 4.21. The third-order valence-corrected chi connectivity index (χ3v) is 1.76. The summed E-state index contributed by atoms with van der Waals surface area (Å²) < 4.78 is 33.1. The monoisotopic (exact) mass is 216 g/mol. The summed E-state index contributed by atoms with van der Waals surface area (Å²) in [4.78, 5) is 11.1. The summed E-state index contributed by atoms with van der Waals surface area (Å²) in [5.74, 6) is -1.82. The quantitative estimate of drug-likeness (QED) is 0.593. The Morgan fingerprint density at radius 2 is 1.86 bits per heavy atom. The van der Waals surface area contributed by atoms with Crippen molar-refractivity contribution >= 4 is 16.1 Å². The fourth-order valence-corrected chi connectivity index (χ4v) is 1.04. The zero-order valence-corrected chi connectivity index (χ0v) is 7.90. The van der Waals surface area contributed by atoms with Gasteiger partial charge >= 0.3 is 16.1 Å². The number of benzene rings is 1. The highest BCUT2D eigenvalue weighted by molar-refractivity contribution is 7.85. The van der Waals surface area contributed by atoms with Crippen LogP contribution in [0.4, 0.5) is 0 Å². The molecule has 1 aromatic rings. The molecule has 0 aromatic heterocycles. The molecule has 0 aliphatic heterocycles. The van der Waals surface area contributed by atoms with Gasteiger partial charge in [0, 0.05) is 0 Å². The number of ether oxygens (including phenoxy) is 1. The first kappa shape index (κ1) is 10.7. The molecule has 0 spiro atoms. The highest BCUT2D eigenvalue weighted by Crippen LogP contribution is 2.01. The molecule has 0 saturated heterocycles. The van der Waals surface area contributed by atoms with Gasteiger partial charge in [0.2, 0.25) is 5.94 Å². The van der Waals surface area contributed by atoms with Crippen LogP contribution in [0.5, 0.6) is 0 Å². The minimum atomic E-state index is -4.27. The van der Waals surface area contributed by atoms with Crippen molar-refractivity contribution < 1.29 is 22.5 Å². The largest absolute Gasteiger partial charge is 0.443 e. The number of hydrogen-bond donors (Lipinski definition) is 1. The van der Waals surface area contributed by atoms with Crippen LogP contribution < -0.4 is 0 Å². The predicted octanol–water partition coefficient (Wildman–Crippen LogP) is 0.689. The first-order valence-corrected chi connectivity index (χ1v) is 5.27. The maximum absolute atomic E-state index is 11.1. The van der Waals surface area contributed by atoms with Gasteiger partial charge in [-0.3, -0.25) is 4.55 Å². The van der Waals surface area contributed by atoms with Gasteiger partial charge in [-0.05, 0) is 12.1 Å². The second-order valence-corrected chi connectivity index (χ2v) is 3.90. The predicted molar refractivity (Wildman–Crippen MR) is 48.3 cm³/mol. The van der Waals surface area contributed by atoms with Crippen LogP contribution in [-0.2, 0) is 14.9 Å². The minimum absolute atomic E-state index is 0.233. The molecule has 0 amide bonds. The molecular weight excluding hydrogens is 208 g/mol. The average Bonchev–Trinajstić information content (AvgIpc) is 2.14. The highest BCUT2D eigenvalue weighted by atomic mass is 32.2. The van der Waals surface area contributed by atoms with Crippen molar-refractivity contribution in [3.63, 3.8) is 0 Å². The standard InChI is InChI=1S/C8H8O5S/c9-8(13-6-14(10,11)12)7-4-2-1-3-5-7/h1-5H,6H2,(H,10,11,12). The van der Waals surface area contributed by atoms with E-state index in [1.165, 1.54) is 12.1 Å². The Morgan fingerprint density at radius 1 is 1.29 bits per heavy atom. The van der Waals surface area contributed by atoms with Crippen LogP contribution in [-0.4, -0.2) is 24.9 Å². The molecule has 1 aromatic carbocycles. The van der Waals surface area contributed by atoms with Gasteiger partial charge in [-0.1, -0.05) is 18.2 Å². The van der Waals surface area contributed by atoms with E-state index in [-0.39, 0.29) is 5.56 Å². The Hall–Kier alpha value is -1.40. The Morgan fingerprint density at radius 3 is 2.36 bits per heavy atom. The molecule has 0 heterocycles. The van der Waals surface area contributed by atoms with Gasteiger partial charge in [0.25, 0.3) is 0 Å². The molecule has 0 aliphatic rings. The zero-order valence-electron chi connectivity index (χ0n) is 7.08. The fourth-order valence-electron chi connectivity index (χ4n) is 0.786. The van der Waals surface area contributed by atoms with Gasteiger partial charge in [0.05, 0.1) is 5.56 Å². The molecule has 0 saturated carbocycles. The molecule has 14 heavy (non-hydrogen) atoms. The molecule has 0 radical (unpaired) electrons. The second-order valence-electron chi connectivity index (χ2n) is 2.50. The molecule has 6 heteroatoms. The van der Waals surface area contributed by atoms with Gasteiger partial charge in [-0.25, -0.2) is 4.79 Å². The van der Waals surface area contributed by atoms with Crippen molar-refractivity contribution in [2.75, 3.05) is 5.94 Å². The number of hydrogen-bond acceptors (Lipinski definition) is 4. The van der Waals surface area contributed by atoms with Crippen molar-refractivity contribution in [2.24, 2.45) is 0 Å². The van der Waals surface area contributed by atoms with E-state index in [4.69, 9.17) is 4.55 Å². The summed E-state index contributed by atoms with van der Waals surface area (Å²) >= 11 is 0. The van der Waals surface area contributed by atoms with E-state index in [0.717, 1.165) is 0 Å². The Labute approximate surface area is 81.1 Å². The molecule has 0 aliphatic carbocycles. The maximum Gasteiger partial charge on any atom is 0.339 e. The van der Waals surface area contributed by atoms with E-state index >= 15 is 0 Å². The van der Waals surface area contributed by atoms with E-state index in [9.17, 15) is 13.2 Å². The number of esters is 1. The highest BCUT2D eigenvalue weighted by Gasteiger charge is 2.11. The molecule has 5 nitrogen and oxygen atoms in total. The van der Waals surface area contributed by atoms with Crippen LogP contribution in [0, 0.1) is 0 Å². The first-order valence-electron chi connectivity index (χ1n) is 3.66. The van der Waals surface area contributed by atoms with Gasteiger partial charge in [-0.2, -0.15) is 8.42 Å². The normalized spacial score (nSPS) is 10.9. The third kappa shape index (κ3) is 3.55. The van der Waals surface area contributed by atoms with E-state index < -0.39 is 22.0 Å². The van der Waals surface area contributed by atoms with E-state index in [1.54, 1.807) is 18.2 Å². The summed E-state index contributed by atoms with van der Waals surface area (Å²) in [6.07, 6.45) is 0. The maximum atomic E-state index is 11.1. The number of carbonyl (C=O) groups is 1. The molecule has 0 bridgehead atoms. The molecule has 1 N–H and O–H groups in total. The van der Waals surface area contributed by atoms with Crippen molar-refractivity contribution in [3.8, 4) is 0 Å². The van der Waals surface area contributed by atoms with Crippen molar-refractivity contribution in [2.45, 2.75) is 0 Å². The summed E-state index contributed by atoms with van der Waals surface area (Å²) in [5, 5.41) is 0. The van der Waals surface area contributed by atoms with Crippen molar-refractivity contribution in [3.05, 3.63) is 35.9 Å². The van der Waals surface area contributed by atoms with Crippen LogP contribution in [0.25, 0.3) is 0 Å². The molecule has 0 fully saturated rings. The summed E-state index contributed by atoms with van der Waals surface area (Å²) in [7, 11) is -4.27. The lowest BCUT2D eigenvalue weighted by molar-refractivity contribution is 0.0564. The lowest BCUT2D eigenvalue weighted by atomic mass is 10.2. The Bertz CT molecular complexity index is 409. The lowest BCUT2D eigenvalue weighted by Gasteiger charge is -2.01. The Balaban J connectivity index is 2.61. The van der Waals surface area contributed by atoms with E-state index in [1.807, 2.05) is 0 Å². The van der Waals surface area contributed by atoms with Crippen molar-refractivity contribution in [1.29, 1.82) is 0 Å². The van der Waals surface area contributed by atoms with Crippen LogP contribution >= 0.6 is 0 Å². The lowest BCUT2D eigenvalue weighted by Crippen LogP contribution is -2.13. The van der Waals surface area contributed by atoms with Gasteiger partial charge in [-0.15, -0.1) is 0 Å². The van der Waals surface area contributed by atoms with Crippen LogP contribution in [0.1, 0.15) is 10.4 Å². The van der Waals surface area contributed by atoms with Gasteiger partial charge < -0.3 is 4.74 Å². The Kier molecular flexibility index (Phi) is 3.21. The summed E-state index contributed by atoms with van der Waals surface area (Å²) in [6, 6.07) is 7.90. The molecule has 76 valence electrons. The SMILES string of the molecule is O=C(OCS(=O)(=O)O)c1ccccc1.